The van der Waals surface area contributed by atoms with Crippen molar-refractivity contribution in [2.24, 2.45) is 5.92 Å². The monoisotopic (exact) mass is 288 g/mol. The summed E-state index contributed by atoms with van der Waals surface area (Å²) in [6.45, 7) is 6.74. The van der Waals surface area contributed by atoms with Crippen LogP contribution in [0.1, 0.15) is 35.8 Å². The zero-order valence-corrected chi connectivity index (χ0v) is 10.7. The first-order valence-corrected chi connectivity index (χ1v) is 6.07. The third-order valence-corrected chi connectivity index (χ3v) is 2.80. The van der Waals surface area contributed by atoms with E-state index in [1.54, 1.807) is 0 Å². The second-order valence-corrected chi connectivity index (χ2v) is 5.82. The largest absolute Gasteiger partial charge is 0.0777 e. The first-order chi connectivity index (χ1) is 6.09. The van der Waals surface area contributed by atoms with Gasteiger partial charge in [0.05, 0.1) is 0 Å². The highest BCUT2D eigenvalue weighted by Gasteiger charge is 2.01. The van der Waals surface area contributed by atoms with Crippen LogP contribution in [0.2, 0.25) is 0 Å². The van der Waals surface area contributed by atoms with Crippen molar-refractivity contribution >= 4 is 22.6 Å². The molecule has 0 aromatic heterocycles. The van der Waals surface area contributed by atoms with Crippen molar-refractivity contribution in [1.82, 2.24) is 0 Å². The lowest BCUT2D eigenvalue weighted by Gasteiger charge is -2.07. The highest BCUT2D eigenvalue weighted by atomic mass is 127. The Morgan fingerprint density at radius 3 is 2.00 bits per heavy atom. The van der Waals surface area contributed by atoms with Gasteiger partial charge in [0.2, 0.25) is 0 Å². The molecule has 1 unspecified atom stereocenters. The lowest BCUT2D eigenvalue weighted by molar-refractivity contribution is 0.647. The van der Waals surface area contributed by atoms with Crippen molar-refractivity contribution in [2.45, 2.75) is 31.1 Å². The minimum Gasteiger partial charge on any atom is -0.0777 e. The molecular formula is C12H17I. The van der Waals surface area contributed by atoms with Gasteiger partial charge >= 0.3 is 0 Å². The number of alkyl halides is 1. The quantitative estimate of drug-likeness (QED) is 0.572. The summed E-state index contributed by atoms with van der Waals surface area (Å²) in [5.74, 6) is 0.753. The Bertz CT molecular complexity index is 246. The van der Waals surface area contributed by atoms with Crippen LogP contribution >= 0.6 is 22.6 Å². The normalized spacial score (nSPS) is 13.3. The smallest absolute Gasteiger partial charge is 0.0331 e. The summed E-state index contributed by atoms with van der Waals surface area (Å²) < 4.78 is 0.616. The molecule has 0 heterocycles. The van der Waals surface area contributed by atoms with E-state index in [2.05, 4.69) is 67.6 Å². The van der Waals surface area contributed by atoms with Crippen LogP contribution < -0.4 is 0 Å². The van der Waals surface area contributed by atoms with Gasteiger partial charge in [-0.05, 0) is 30.4 Å². The van der Waals surface area contributed by atoms with Crippen LogP contribution in [0.15, 0.2) is 24.3 Å². The summed E-state index contributed by atoms with van der Waals surface area (Å²) in [5, 5.41) is 0. The van der Waals surface area contributed by atoms with E-state index < -0.39 is 0 Å². The Labute approximate surface area is 94.9 Å². The Balaban J connectivity index is 2.70. The van der Waals surface area contributed by atoms with Gasteiger partial charge in [-0.1, -0.05) is 60.7 Å². The van der Waals surface area contributed by atoms with Gasteiger partial charge in [0.15, 0.2) is 0 Å². The van der Waals surface area contributed by atoms with Crippen LogP contribution in [-0.2, 0) is 6.42 Å². The molecule has 0 aliphatic carbocycles. The lowest BCUT2D eigenvalue weighted by atomic mass is 10.0. The fraction of sp³-hybridized carbons (Fsp3) is 0.500. The van der Waals surface area contributed by atoms with Crippen LogP contribution in [0.5, 0.6) is 0 Å². The van der Waals surface area contributed by atoms with Gasteiger partial charge in [0, 0.05) is 3.92 Å². The molecule has 0 aliphatic rings. The van der Waals surface area contributed by atoms with E-state index in [0.29, 0.717) is 3.92 Å². The van der Waals surface area contributed by atoms with Gasteiger partial charge in [-0.25, -0.2) is 0 Å². The Morgan fingerprint density at radius 1 is 1.08 bits per heavy atom. The molecule has 1 rings (SSSR count). The fourth-order valence-corrected chi connectivity index (χ4v) is 1.81. The van der Waals surface area contributed by atoms with E-state index in [0.717, 1.165) is 5.92 Å². The van der Waals surface area contributed by atoms with Gasteiger partial charge in [0.1, 0.15) is 0 Å². The van der Waals surface area contributed by atoms with E-state index in [9.17, 15) is 0 Å². The molecule has 0 saturated heterocycles. The predicted octanol–water partition coefficient (Wildman–Crippen LogP) is 4.38. The molecule has 13 heavy (non-hydrogen) atoms. The lowest BCUT2D eigenvalue weighted by Crippen LogP contribution is -1.94. The summed E-state index contributed by atoms with van der Waals surface area (Å²) in [6, 6.07) is 9.00. The van der Waals surface area contributed by atoms with Crippen LogP contribution in [0.3, 0.4) is 0 Å². The third kappa shape index (κ3) is 3.67. The topological polar surface area (TPSA) is 0 Å². The molecule has 0 fully saturated rings. The Hall–Kier alpha value is -0.0500. The molecule has 0 saturated carbocycles. The molecule has 0 bridgehead atoms. The average molecular weight is 288 g/mol. The SMILES string of the molecule is CC(C)Cc1ccc(C(C)I)cc1. The van der Waals surface area contributed by atoms with E-state index in [1.165, 1.54) is 17.5 Å². The average Bonchev–Trinajstić information content (AvgIpc) is 2.04. The van der Waals surface area contributed by atoms with Crippen molar-refractivity contribution in [3.05, 3.63) is 35.4 Å². The molecule has 72 valence electrons. The van der Waals surface area contributed by atoms with Gasteiger partial charge < -0.3 is 0 Å². The number of rotatable bonds is 3. The van der Waals surface area contributed by atoms with Crippen LogP contribution in [-0.4, -0.2) is 0 Å². The molecule has 1 aromatic rings. The molecule has 0 nitrogen and oxygen atoms in total. The molecule has 0 N–H and O–H groups in total. The number of benzene rings is 1. The first kappa shape index (κ1) is 11.0. The van der Waals surface area contributed by atoms with E-state index in [-0.39, 0.29) is 0 Å². The van der Waals surface area contributed by atoms with Gasteiger partial charge in [-0.2, -0.15) is 0 Å². The van der Waals surface area contributed by atoms with E-state index >= 15 is 0 Å². The summed E-state index contributed by atoms with van der Waals surface area (Å²) in [4.78, 5) is 0. The van der Waals surface area contributed by atoms with Crippen molar-refractivity contribution in [2.75, 3.05) is 0 Å². The van der Waals surface area contributed by atoms with Crippen LogP contribution in [0.25, 0.3) is 0 Å². The molecule has 1 aromatic carbocycles. The summed E-state index contributed by atoms with van der Waals surface area (Å²) >= 11 is 2.45. The minimum atomic E-state index is 0.616. The summed E-state index contributed by atoms with van der Waals surface area (Å²) in [5.41, 5.74) is 2.88. The first-order valence-electron chi connectivity index (χ1n) is 4.82. The molecule has 1 heteroatoms. The standard InChI is InChI=1S/C12H17I/c1-9(2)8-11-4-6-12(7-5-11)10(3)13/h4-7,9-10H,8H2,1-3H3. The maximum absolute atomic E-state index is 2.45. The highest BCUT2D eigenvalue weighted by Crippen LogP contribution is 2.22. The third-order valence-electron chi connectivity index (χ3n) is 2.08. The zero-order chi connectivity index (χ0) is 9.84. The molecule has 0 spiro atoms. The van der Waals surface area contributed by atoms with Crippen molar-refractivity contribution in [1.29, 1.82) is 0 Å². The molecule has 0 radical (unpaired) electrons. The van der Waals surface area contributed by atoms with Crippen LogP contribution in [0.4, 0.5) is 0 Å². The van der Waals surface area contributed by atoms with Crippen molar-refractivity contribution in [3.8, 4) is 0 Å². The molecule has 0 aliphatic heterocycles. The van der Waals surface area contributed by atoms with Gasteiger partial charge in [-0.15, -0.1) is 0 Å². The molecule has 0 amide bonds. The fourth-order valence-electron chi connectivity index (χ4n) is 1.39. The molecule has 1 atom stereocenters. The van der Waals surface area contributed by atoms with E-state index in [1.807, 2.05) is 0 Å². The summed E-state index contributed by atoms with van der Waals surface area (Å²) in [6.07, 6.45) is 1.19. The van der Waals surface area contributed by atoms with Crippen molar-refractivity contribution in [3.63, 3.8) is 0 Å². The minimum absolute atomic E-state index is 0.616. The van der Waals surface area contributed by atoms with Gasteiger partial charge in [-0.3, -0.25) is 0 Å². The second kappa shape index (κ2) is 4.99. The second-order valence-electron chi connectivity index (χ2n) is 3.96. The van der Waals surface area contributed by atoms with Crippen molar-refractivity contribution < 1.29 is 0 Å². The zero-order valence-electron chi connectivity index (χ0n) is 8.55. The maximum atomic E-state index is 2.45. The van der Waals surface area contributed by atoms with Gasteiger partial charge in [0.25, 0.3) is 0 Å². The predicted molar refractivity (Wildman–Crippen MR) is 67.4 cm³/mol. The Morgan fingerprint density at radius 2 is 1.62 bits per heavy atom. The number of hydrogen-bond acceptors (Lipinski definition) is 0. The Kier molecular flexibility index (Phi) is 4.23. The number of hydrogen-bond donors (Lipinski definition) is 0. The number of halogens is 1. The highest BCUT2D eigenvalue weighted by molar-refractivity contribution is 14.1. The maximum Gasteiger partial charge on any atom is 0.0331 e. The molecular weight excluding hydrogens is 271 g/mol. The summed E-state index contributed by atoms with van der Waals surface area (Å²) in [7, 11) is 0. The van der Waals surface area contributed by atoms with E-state index in [4.69, 9.17) is 0 Å². The van der Waals surface area contributed by atoms with Crippen LogP contribution in [0, 0.1) is 5.92 Å².